The molecule has 3 aromatic heterocycles. The molecule has 0 unspecified atom stereocenters. The standard InChI is InChI=1S/C38H23N3O/c1-2-9-24(10-3-1)38-40-36-31-15-6-4-13-28(31)29-14-5-7-16-32(29)37(36)41(38)27-12-8-11-25(21-27)26-17-18-34-33(22-26)30-19-20-39-23-35(30)42-34/h1-23H. The molecule has 0 amide bonds. The van der Waals surface area contributed by atoms with Crippen molar-refractivity contribution in [1.29, 1.82) is 0 Å². The molecule has 0 radical (unpaired) electrons. The number of hydrogen-bond acceptors (Lipinski definition) is 3. The predicted octanol–water partition coefficient (Wildman–Crippen LogP) is 9.96. The van der Waals surface area contributed by atoms with Crippen molar-refractivity contribution in [2.45, 2.75) is 0 Å². The van der Waals surface area contributed by atoms with E-state index in [4.69, 9.17) is 9.40 Å². The van der Waals surface area contributed by atoms with Crippen LogP contribution in [0.25, 0.3) is 82.7 Å². The summed E-state index contributed by atoms with van der Waals surface area (Å²) in [5.41, 5.74) is 8.19. The first-order valence-electron chi connectivity index (χ1n) is 14.1. The van der Waals surface area contributed by atoms with E-state index < -0.39 is 0 Å². The van der Waals surface area contributed by atoms with Crippen LogP contribution in [0.3, 0.4) is 0 Å². The summed E-state index contributed by atoms with van der Waals surface area (Å²) >= 11 is 0. The van der Waals surface area contributed by atoms with Gasteiger partial charge in [-0.05, 0) is 52.2 Å². The molecule has 42 heavy (non-hydrogen) atoms. The number of aromatic nitrogens is 3. The molecule has 0 bridgehead atoms. The Morgan fingerprint density at radius 3 is 2.07 bits per heavy atom. The summed E-state index contributed by atoms with van der Waals surface area (Å²) < 4.78 is 8.37. The largest absolute Gasteiger partial charge is 0.454 e. The monoisotopic (exact) mass is 537 g/mol. The SMILES string of the molecule is c1ccc(-c2nc3c4ccccc4c4ccccc4c3n2-c2cccc(-c3ccc4oc5cnccc5c4c3)c2)cc1. The fraction of sp³-hybridized carbons (Fsp3) is 0. The third kappa shape index (κ3) is 3.36. The third-order valence-electron chi connectivity index (χ3n) is 8.28. The molecular weight excluding hydrogens is 514 g/mol. The van der Waals surface area contributed by atoms with Gasteiger partial charge in [0.1, 0.15) is 11.4 Å². The van der Waals surface area contributed by atoms with E-state index in [1.54, 1.807) is 6.20 Å². The molecule has 9 rings (SSSR count). The smallest absolute Gasteiger partial charge is 0.153 e. The van der Waals surface area contributed by atoms with E-state index >= 15 is 0 Å². The lowest BCUT2D eigenvalue weighted by Gasteiger charge is -2.14. The van der Waals surface area contributed by atoms with E-state index in [2.05, 4.69) is 125 Å². The van der Waals surface area contributed by atoms with Gasteiger partial charge in [-0.1, -0.05) is 97.1 Å². The van der Waals surface area contributed by atoms with Crippen LogP contribution in [0, 0.1) is 0 Å². The van der Waals surface area contributed by atoms with Crippen molar-refractivity contribution in [1.82, 2.24) is 14.5 Å². The summed E-state index contributed by atoms with van der Waals surface area (Å²) in [6.45, 7) is 0. The second-order valence-electron chi connectivity index (χ2n) is 10.7. The lowest BCUT2D eigenvalue weighted by atomic mass is 9.99. The number of pyridine rings is 1. The van der Waals surface area contributed by atoms with Crippen molar-refractivity contribution in [2.75, 3.05) is 0 Å². The highest BCUT2D eigenvalue weighted by Gasteiger charge is 2.20. The van der Waals surface area contributed by atoms with Gasteiger partial charge in [-0.3, -0.25) is 9.55 Å². The molecule has 0 saturated carbocycles. The molecular formula is C38H23N3O. The highest BCUT2D eigenvalue weighted by molar-refractivity contribution is 6.24. The number of imidazole rings is 1. The number of fused-ring (bicyclic) bond motifs is 9. The Morgan fingerprint density at radius 1 is 0.500 bits per heavy atom. The summed E-state index contributed by atoms with van der Waals surface area (Å²) in [5, 5.41) is 6.95. The van der Waals surface area contributed by atoms with Gasteiger partial charge < -0.3 is 4.42 Å². The van der Waals surface area contributed by atoms with Gasteiger partial charge in [0.05, 0.1) is 17.2 Å². The molecule has 6 aromatic carbocycles. The van der Waals surface area contributed by atoms with Crippen LogP contribution in [0.15, 0.2) is 144 Å². The predicted molar refractivity (Wildman–Crippen MR) is 172 cm³/mol. The Morgan fingerprint density at radius 2 is 1.21 bits per heavy atom. The Hall–Kier alpha value is -5.74. The fourth-order valence-corrected chi connectivity index (χ4v) is 6.37. The maximum atomic E-state index is 6.04. The Kier molecular flexibility index (Phi) is 4.87. The first-order chi connectivity index (χ1) is 20.8. The number of hydrogen-bond donors (Lipinski definition) is 0. The Bertz CT molecular complexity index is 2470. The van der Waals surface area contributed by atoms with E-state index in [1.165, 1.54) is 16.2 Å². The minimum atomic E-state index is 0.801. The molecule has 0 aliphatic heterocycles. The maximum Gasteiger partial charge on any atom is 0.153 e. The van der Waals surface area contributed by atoms with Crippen LogP contribution in [0.4, 0.5) is 0 Å². The average molecular weight is 538 g/mol. The van der Waals surface area contributed by atoms with Gasteiger partial charge in [-0.2, -0.15) is 0 Å². The van der Waals surface area contributed by atoms with Crippen LogP contribution >= 0.6 is 0 Å². The summed E-state index contributed by atoms with van der Waals surface area (Å²) in [7, 11) is 0. The van der Waals surface area contributed by atoms with Crippen molar-refractivity contribution in [3.63, 3.8) is 0 Å². The van der Waals surface area contributed by atoms with Gasteiger partial charge >= 0.3 is 0 Å². The topological polar surface area (TPSA) is 43.9 Å². The maximum absolute atomic E-state index is 6.04. The van der Waals surface area contributed by atoms with Crippen molar-refractivity contribution < 1.29 is 4.42 Å². The Labute approximate surface area is 241 Å². The van der Waals surface area contributed by atoms with Crippen molar-refractivity contribution in [2.24, 2.45) is 0 Å². The molecule has 4 heteroatoms. The molecule has 0 fully saturated rings. The lowest BCUT2D eigenvalue weighted by Crippen LogP contribution is -1.98. The van der Waals surface area contributed by atoms with Crippen molar-refractivity contribution in [3.8, 4) is 28.2 Å². The average Bonchev–Trinajstić information content (AvgIpc) is 3.65. The van der Waals surface area contributed by atoms with E-state index in [0.717, 1.165) is 66.6 Å². The molecule has 0 N–H and O–H groups in total. The van der Waals surface area contributed by atoms with E-state index in [1.807, 2.05) is 18.3 Å². The number of nitrogens with zero attached hydrogens (tertiary/aromatic N) is 3. The lowest BCUT2D eigenvalue weighted by molar-refractivity contribution is 0.667. The zero-order valence-corrected chi connectivity index (χ0v) is 22.5. The zero-order chi connectivity index (χ0) is 27.6. The van der Waals surface area contributed by atoms with E-state index in [9.17, 15) is 0 Å². The van der Waals surface area contributed by atoms with Gasteiger partial charge in [0.2, 0.25) is 0 Å². The minimum Gasteiger partial charge on any atom is -0.454 e. The van der Waals surface area contributed by atoms with Crippen LogP contribution in [-0.2, 0) is 0 Å². The fourth-order valence-electron chi connectivity index (χ4n) is 6.37. The first kappa shape index (κ1) is 23.0. The normalized spacial score (nSPS) is 11.8. The number of benzene rings is 6. The molecule has 0 saturated heterocycles. The molecule has 9 aromatic rings. The quantitative estimate of drug-likeness (QED) is 0.211. The van der Waals surface area contributed by atoms with Crippen LogP contribution in [0.5, 0.6) is 0 Å². The highest BCUT2D eigenvalue weighted by Crippen LogP contribution is 2.40. The van der Waals surface area contributed by atoms with Crippen LogP contribution < -0.4 is 0 Å². The van der Waals surface area contributed by atoms with Crippen LogP contribution in [-0.4, -0.2) is 14.5 Å². The van der Waals surface area contributed by atoms with E-state index in [0.29, 0.717) is 0 Å². The molecule has 0 aliphatic rings. The number of furan rings is 1. The van der Waals surface area contributed by atoms with Gasteiger partial charge in [0, 0.05) is 39.0 Å². The third-order valence-corrected chi connectivity index (χ3v) is 8.28. The van der Waals surface area contributed by atoms with Gasteiger partial charge in [-0.25, -0.2) is 4.98 Å². The molecule has 0 atom stereocenters. The second-order valence-corrected chi connectivity index (χ2v) is 10.7. The van der Waals surface area contributed by atoms with Crippen LogP contribution in [0.2, 0.25) is 0 Å². The van der Waals surface area contributed by atoms with Crippen molar-refractivity contribution >= 4 is 54.5 Å². The first-order valence-corrected chi connectivity index (χ1v) is 14.1. The molecule has 0 aliphatic carbocycles. The molecule has 0 spiro atoms. The van der Waals surface area contributed by atoms with Gasteiger partial charge in [-0.15, -0.1) is 0 Å². The van der Waals surface area contributed by atoms with Gasteiger partial charge in [0.25, 0.3) is 0 Å². The molecule has 196 valence electrons. The molecule has 3 heterocycles. The van der Waals surface area contributed by atoms with Crippen molar-refractivity contribution in [3.05, 3.63) is 140 Å². The zero-order valence-electron chi connectivity index (χ0n) is 22.5. The van der Waals surface area contributed by atoms with Gasteiger partial charge in [0.15, 0.2) is 5.58 Å². The summed E-state index contributed by atoms with van der Waals surface area (Å²) in [6, 6.07) is 44.9. The van der Waals surface area contributed by atoms with E-state index in [-0.39, 0.29) is 0 Å². The highest BCUT2D eigenvalue weighted by atomic mass is 16.3. The summed E-state index contributed by atoms with van der Waals surface area (Å²) in [5.74, 6) is 0.924. The molecule has 4 nitrogen and oxygen atoms in total. The minimum absolute atomic E-state index is 0.801. The summed E-state index contributed by atoms with van der Waals surface area (Å²) in [4.78, 5) is 9.58. The van der Waals surface area contributed by atoms with Crippen LogP contribution in [0.1, 0.15) is 0 Å². The second kappa shape index (κ2) is 8.88. The summed E-state index contributed by atoms with van der Waals surface area (Å²) in [6.07, 6.45) is 3.59. The number of rotatable bonds is 3. The Balaban J connectivity index is 1.35.